The lowest BCUT2D eigenvalue weighted by atomic mass is 9.95. The van der Waals surface area contributed by atoms with Gasteiger partial charge in [0.15, 0.2) is 11.4 Å². The first-order chi connectivity index (χ1) is 17.3. The Morgan fingerprint density at radius 3 is 2.22 bits per heavy atom. The smallest absolute Gasteiger partial charge is 0.267 e. The van der Waals surface area contributed by atoms with Crippen LogP contribution in [0.4, 0.5) is 4.39 Å². The van der Waals surface area contributed by atoms with Gasteiger partial charge in [0, 0.05) is 16.6 Å². The normalized spacial score (nSPS) is 13.0. The minimum absolute atomic E-state index is 0.0260. The van der Waals surface area contributed by atoms with Gasteiger partial charge in [0.2, 0.25) is 0 Å². The molecule has 0 saturated heterocycles. The molecule has 0 saturated carbocycles. The molecule has 36 heavy (non-hydrogen) atoms. The standard InChI is InChI=1S/C26H25FN6O3/c1-15(2)32-26(36)19-8-4-3-7-18(19)22(30-32)24(34)28-29-25(35)23-20-9-5-6-10-21(20)33(31-23)17-13-11-16(27)12-14-17/h3-4,7-8,11-15H,5-6,9-10H2,1-2H3,(H,28,34)(H,29,35). The molecular weight excluding hydrogens is 463 g/mol. The lowest BCUT2D eigenvalue weighted by Crippen LogP contribution is -2.43. The van der Waals surface area contributed by atoms with Crippen molar-refractivity contribution in [3.63, 3.8) is 0 Å². The molecule has 0 fully saturated rings. The number of nitrogens with zero attached hydrogens (tertiary/aromatic N) is 4. The maximum Gasteiger partial charge on any atom is 0.290 e. The molecule has 0 unspecified atom stereocenters. The summed E-state index contributed by atoms with van der Waals surface area (Å²) in [6, 6.07) is 12.4. The minimum Gasteiger partial charge on any atom is -0.267 e. The van der Waals surface area contributed by atoms with Crippen LogP contribution in [0.25, 0.3) is 16.5 Å². The highest BCUT2D eigenvalue weighted by molar-refractivity contribution is 6.06. The number of hydrogen-bond acceptors (Lipinski definition) is 5. The van der Waals surface area contributed by atoms with Crippen molar-refractivity contribution in [2.75, 3.05) is 0 Å². The third-order valence-corrected chi connectivity index (χ3v) is 6.29. The molecule has 9 nitrogen and oxygen atoms in total. The summed E-state index contributed by atoms with van der Waals surface area (Å²) in [7, 11) is 0. The van der Waals surface area contributed by atoms with Gasteiger partial charge >= 0.3 is 0 Å². The van der Waals surface area contributed by atoms with E-state index in [-0.39, 0.29) is 28.8 Å². The van der Waals surface area contributed by atoms with E-state index < -0.39 is 11.8 Å². The van der Waals surface area contributed by atoms with Crippen molar-refractivity contribution in [1.29, 1.82) is 0 Å². The molecule has 2 N–H and O–H groups in total. The van der Waals surface area contributed by atoms with Gasteiger partial charge in [-0.2, -0.15) is 10.2 Å². The number of amides is 2. The molecule has 5 rings (SSSR count). The summed E-state index contributed by atoms with van der Waals surface area (Å²) in [5.74, 6) is -1.57. The van der Waals surface area contributed by atoms with Crippen molar-refractivity contribution in [1.82, 2.24) is 30.4 Å². The zero-order chi connectivity index (χ0) is 25.4. The molecule has 1 aliphatic carbocycles. The predicted octanol–water partition coefficient (Wildman–Crippen LogP) is 3.26. The number of fused-ring (bicyclic) bond motifs is 2. The number of carbonyl (C=O) groups is 2. The number of aromatic nitrogens is 4. The van der Waals surface area contributed by atoms with E-state index in [9.17, 15) is 18.8 Å². The van der Waals surface area contributed by atoms with Crippen LogP contribution in [0.1, 0.15) is 65.0 Å². The molecule has 2 aromatic heterocycles. The van der Waals surface area contributed by atoms with Gasteiger partial charge in [0.05, 0.1) is 17.1 Å². The highest BCUT2D eigenvalue weighted by Crippen LogP contribution is 2.27. The Morgan fingerprint density at radius 2 is 1.53 bits per heavy atom. The second kappa shape index (κ2) is 9.37. The van der Waals surface area contributed by atoms with Gasteiger partial charge in [-0.1, -0.05) is 18.2 Å². The van der Waals surface area contributed by atoms with Gasteiger partial charge < -0.3 is 0 Å². The maximum atomic E-state index is 13.4. The fraction of sp³-hybridized carbons (Fsp3) is 0.269. The SMILES string of the molecule is CC(C)n1nc(C(=O)NNC(=O)c2nn(-c3ccc(F)cc3)c3c2CCCC3)c2ccccc2c1=O. The van der Waals surface area contributed by atoms with Crippen LogP contribution in [0.2, 0.25) is 0 Å². The average molecular weight is 489 g/mol. The van der Waals surface area contributed by atoms with Gasteiger partial charge in [0.25, 0.3) is 17.4 Å². The molecule has 0 spiro atoms. The maximum absolute atomic E-state index is 13.4. The lowest BCUT2D eigenvalue weighted by molar-refractivity contribution is 0.0840. The first kappa shape index (κ1) is 23.4. The molecule has 2 aromatic carbocycles. The first-order valence-corrected chi connectivity index (χ1v) is 11.8. The molecule has 0 atom stereocenters. The van der Waals surface area contributed by atoms with Crippen LogP contribution in [0.15, 0.2) is 53.3 Å². The van der Waals surface area contributed by atoms with Crippen molar-refractivity contribution in [2.24, 2.45) is 0 Å². The van der Waals surface area contributed by atoms with E-state index in [1.54, 1.807) is 54.9 Å². The first-order valence-electron chi connectivity index (χ1n) is 11.8. The largest absolute Gasteiger partial charge is 0.290 e. The zero-order valence-electron chi connectivity index (χ0n) is 19.9. The van der Waals surface area contributed by atoms with Crippen LogP contribution in [0.3, 0.4) is 0 Å². The van der Waals surface area contributed by atoms with Crippen LogP contribution in [-0.2, 0) is 12.8 Å². The molecule has 1 aliphatic rings. The average Bonchev–Trinajstić information content (AvgIpc) is 3.27. The van der Waals surface area contributed by atoms with Crippen LogP contribution in [0.5, 0.6) is 0 Å². The molecule has 0 radical (unpaired) electrons. The quantitative estimate of drug-likeness (QED) is 0.429. The van der Waals surface area contributed by atoms with Crippen LogP contribution in [-0.4, -0.2) is 31.4 Å². The van der Waals surface area contributed by atoms with Gasteiger partial charge in [-0.05, 0) is 69.9 Å². The second-order valence-corrected chi connectivity index (χ2v) is 9.02. The topological polar surface area (TPSA) is 111 Å². The molecule has 10 heteroatoms. The third-order valence-electron chi connectivity index (χ3n) is 6.29. The number of carbonyl (C=O) groups excluding carboxylic acids is 2. The molecular formula is C26H25FN6O3. The fourth-order valence-corrected chi connectivity index (χ4v) is 4.53. The monoisotopic (exact) mass is 488 g/mol. The molecule has 2 amide bonds. The predicted molar refractivity (Wildman–Crippen MR) is 131 cm³/mol. The Hall–Kier alpha value is -4.34. The molecule has 0 aliphatic heterocycles. The van der Waals surface area contributed by atoms with E-state index >= 15 is 0 Å². The highest BCUT2D eigenvalue weighted by Gasteiger charge is 2.26. The molecule has 2 heterocycles. The van der Waals surface area contributed by atoms with E-state index in [2.05, 4.69) is 21.0 Å². The van der Waals surface area contributed by atoms with Crippen LogP contribution >= 0.6 is 0 Å². The number of hydrazine groups is 1. The van der Waals surface area contributed by atoms with Crippen LogP contribution in [0, 0.1) is 5.82 Å². The van der Waals surface area contributed by atoms with E-state index in [0.717, 1.165) is 30.5 Å². The third kappa shape index (κ3) is 4.15. The number of nitrogens with one attached hydrogen (secondary N) is 2. The van der Waals surface area contributed by atoms with E-state index in [4.69, 9.17) is 0 Å². The number of benzene rings is 2. The van der Waals surface area contributed by atoms with Gasteiger partial charge in [0.1, 0.15) is 5.82 Å². The lowest BCUT2D eigenvalue weighted by Gasteiger charge is -2.15. The van der Waals surface area contributed by atoms with E-state index in [1.807, 2.05) is 0 Å². The van der Waals surface area contributed by atoms with Gasteiger partial charge in [-0.3, -0.25) is 25.2 Å². The zero-order valence-corrected chi connectivity index (χ0v) is 19.9. The minimum atomic E-state index is -0.652. The van der Waals surface area contributed by atoms with E-state index in [0.29, 0.717) is 22.9 Å². The summed E-state index contributed by atoms with van der Waals surface area (Å²) in [6.07, 6.45) is 3.30. The second-order valence-electron chi connectivity index (χ2n) is 9.02. The highest BCUT2D eigenvalue weighted by atomic mass is 19.1. The Morgan fingerprint density at radius 1 is 0.889 bits per heavy atom. The summed E-state index contributed by atoms with van der Waals surface area (Å²) < 4.78 is 16.3. The van der Waals surface area contributed by atoms with Crippen molar-refractivity contribution in [2.45, 2.75) is 45.6 Å². The van der Waals surface area contributed by atoms with Crippen molar-refractivity contribution < 1.29 is 14.0 Å². The van der Waals surface area contributed by atoms with E-state index in [1.165, 1.54) is 16.8 Å². The Kier molecular flexibility index (Phi) is 6.09. The Labute approximate surface area is 205 Å². The van der Waals surface area contributed by atoms with Gasteiger partial charge in [-0.15, -0.1) is 0 Å². The Bertz CT molecular complexity index is 1540. The van der Waals surface area contributed by atoms with Crippen molar-refractivity contribution in [3.05, 3.63) is 87.3 Å². The van der Waals surface area contributed by atoms with Crippen LogP contribution < -0.4 is 16.4 Å². The molecule has 4 aromatic rings. The van der Waals surface area contributed by atoms with Crippen molar-refractivity contribution >= 4 is 22.6 Å². The van der Waals surface area contributed by atoms with Crippen molar-refractivity contribution in [3.8, 4) is 5.69 Å². The number of halogens is 1. The summed E-state index contributed by atoms with van der Waals surface area (Å²) in [5, 5.41) is 9.53. The summed E-state index contributed by atoms with van der Waals surface area (Å²) in [6.45, 7) is 3.60. The van der Waals surface area contributed by atoms with Gasteiger partial charge in [-0.25, -0.2) is 13.8 Å². The summed E-state index contributed by atoms with van der Waals surface area (Å²) >= 11 is 0. The summed E-state index contributed by atoms with van der Waals surface area (Å²) in [5.41, 5.74) is 7.19. The Balaban J connectivity index is 1.43. The number of rotatable bonds is 4. The fourth-order valence-electron chi connectivity index (χ4n) is 4.53. The summed E-state index contributed by atoms with van der Waals surface area (Å²) in [4.78, 5) is 38.9. The molecule has 0 bridgehead atoms. The number of hydrogen-bond donors (Lipinski definition) is 2. The molecule has 184 valence electrons.